The molecule has 1 rings (SSSR count). The number of phosphoric ester groups is 1. The van der Waals surface area contributed by atoms with Gasteiger partial charge in [0, 0.05) is 20.6 Å². The molecule has 18 heavy (non-hydrogen) atoms. The highest BCUT2D eigenvalue weighted by atomic mass is 31.2. The van der Waals surface area contributed by atoms with Crippen molar-refractivity contribution in [3.63, 3.8) is 0 Å². The Labute approximate surface area is 107 Å². The van der Waals surface area contributed by atoms with Crippen LogP contribution in [0, 0.1) is 6.92 Å². The Kier molecular flexibility index (Phi) is 5.69. The summed E-state index contributed by atoms with van der Waals surface area (Å²) in [6, 6.07) is 7.61. The van der Waals surface area contributed by atoms with Crippen molar-refractivity contribution in [3.8, 4) is 0 Å². The molecule has 6 heteroatoms. The second kappa shape index (κ2) is 6.81. The van der Waals surface area contributed by atoms with Crippen molar-refractivity contribution in [2.75, 3.05) is 20.8 Å². The average molecular weight is 272 g/mol. The Hall–Kier alpha value is -1.00. The number of aryl methyl sites for hydroxylation is 1. The molecule has 0 radical (unpaired) electrons. The lowest BCUT2D eigenvalue weighted by Crippen LogP contribution is -2.11. The third-order valence-electron chi connectivity index (χ3n) is 2.35. The van der Waals surface area contributed by atoms with Gasteiger partial charge in [0.05, 0.1) is 0 Å². The van der Waals surface area contributed by atoms with E-state index in [-0.39, 0.29) is 18.8 Å². The number of rotatable bonds is 7. The zero-order valence-electron chi connectivity index (χ0n) is 10.7. The molecule has 0 aliphatic heterocycles. The molecule has 0 aromatic heterocycles. The van der Waals surface area contributed by atoms with Gasteiger partial charge in [-0.05, 0) is 12.5 Å². The van der Waals surface area contributed by atoms with Crippen LogP contribution in [0.3, 0.4) is 0 Å². The number of hydrogen-bond donors (Lipinski definition) is 0. The maximum Gasteiger partial charge on any atom is 0.474 e. The van der Waals surface area contributed by atoms with E-state index in [0.717, 1.165) is 11.1 Å². The molecule has 1 aromatic rings. The molecule has 0 heterocycles. The predicted octanol–water partition coefficient (Wildman–Crippen LogP) is 2.52. The molecule has 0 spiro atoms. The van der Waals surface area contributed by atoms with E-state index in [2.05, 4.69) is 9.05 Å². The second-order valence-corrected chi connectivity index (χ2v) is 5.67. The normalized spacial score (nSPS) is 11.5. The van der Waals surface area contributed by atoms with Gasteiger partial charge in [-0.25, -0.2) is 4.57 Å². The topological polar surface area (TPSA) is 61.8 Å². The molecule has 0 saturated heterocycles. The van der Waals surface area contributed by atoms with E-state index in [9.17, 15) is 9.36 Å². The molecule has 1 aromatic carbocycles. The lowest BCUT2D eigenvalue weighted by atomic mass is 10.1. The van der Waals surface area contributed by atoms with Gasteiger partial charge in [-0.3, -0.25) is 18.4 Å². The molecule has 0 fully saturated rings. The maximum absolute atomic E-state index is 11.6. The van der Waals surface area contributed by atoms with Gasteiger partial charge < -0.3 is 0 Å². The SMILES string of the molecule is COP(=O)(OC)OCC(=O)Cc1ccc(C)cc1. The Morgan fingerprint density at radius 3 is 2.22 bits per heavy atom. The molecule has 0 aliphatic carbocycles. The minimum atomic E-state index is -3.57. The first-order valence-corrected chi connectivity index (χ1v) is 6.88. The van der Waals surface area contributed by atoms with Crippen LogP contribution in [-0.4, -0.2) is 26.6 Å². The van der Waals surface area contributed by atoms with Gasteiger partial charge in [-0.1, -0.05) is 29.8 Å². The minimum absolute atomic E-state index is 0.187. The summed E-state index contributed by atoms with van der Waals surface area (Å²) in [6.07, 6.45) is 0.230. The molecule has 0 bridgehead atoms. The molecule has 5 nitrogen and oxygen atoms in total. The van der Waals surface area contributed by atoms with E-state index >= 15 is 0 Å². The minimum Gasteiger partial charge on any atom is -0.297 e. The molecule has 0 saturated carbocycles. The predicted molar refractivity (Wildman–Crippen MR) is 67.5 cm³/mol. The summed E-state index contributed by atoms with van der Waals surface area (Å²) in [5.41, 5.74) is 2.02. The van der Waals surface area contributed by atoms with Crippen molar-refractivity contribution in [1.82, 2.24) is 0 Å². The van der Waals surface area contributed by atoms with Gasteiger partial charge in [0.1, 0.15) is 6.61 Å². The van der Waals surface area contributed by atoms with Crippen molar-refractivity contribution in [1.29, 1.82) is 0 Å². The highest BCUT2D eigenvalue weighted by molar-refractivity contribution is 7.48. The number of hydrogen-bond acceptors (Lipinski definition) is 5. The first-order valence-electron chi connectivity index (χ1n) is 5.42. The van der Waals surface area contributed by atoms with Gasteiger partial charge in [0.2, 0.25) is 0 Å². The molecule has 100 valence electrons. The van der Waals surface area contributed by atoms with Crippen LogP contribution < -0.4 is 0 Å². The van der Waals surface area contributed by atoms with Crippen molar-refractivity contribution in [3.05, 3.63) is 35.4 Å². The number of carbonyl (C=O) groups excluding carboxylic acids is 1. The fraction of sp³-hybridized carbons (Fsp3) is 0.417. The van der Waals surface area contributed by atoms with Crippen LogP contribution in [-0.2, 0) is 29.4 Å². The molecule has 0 atom stereocenters. The Balaban J connectivity index is 2.47. The van der Waals surface area contributed by atoms with Gasteiger partial charge in [0.15, 0.2) is 5.78 Å². The summed E-state index contributed by atoms with van der Waals surface area (Å²) in [5.74, 6) is -0.187. The van der Waals surface area contributed by atoms with Gasteiger partial charge >= 0.3 is 7.82 Å². The fourth-order valence-corrected chi connectivity index (χ4v) is 1.98. The van der Waals surface area contributed by atoms with Crippen LogP contribution in [0.2, 0.25) is 0 Å². The average Bonchev–Trinajstić information content (AvgIpc) is 2.39. The van der Waals surface area contributed by atoms with Gasteiger partial charge in [-0.15, -0.1) is 0 Å². The first kappa shape index (κ1) is 15.1. The van der Waals surface area contributed by atoms with Crippen molar-refractivity contribution in [2.45, 2.75) is 13.3 Å². The van der Waals surface area contributed by atoms with Crippen LogP contribution >= 0.6 is 7.82 Å². The Bertz CT molecular complexity index is 432. The van der Waals surface area contributed by atoms with Crippen molar-refractivity contribution >= 4 is 13.6 Å². The lowest BCUT2D eigenvalue weighted by molar-refractivity contribution is -0.120. The standard InChI is InChI=1S/C12H17O5P/c1-10-4-6-11(7-5-10)8-12(13)9-17-18(14,15-2)16-3/h4-7H,8-9H2,1-3H3. The maximum atomic E-state index is 11.6. The number of carbonyl (C=O) groups is 1. The molecular formula is C12H17O5P. The molecule has 0 aliphatic rings. The summed E-state index contributed by atoms with van der Waals surface area (Å²) >= 11 is 0. The van der Waals surface area contributed by atoms with Crippen LogP contribution in [0.4, 0.5) is 0 Å². The largest absolute Gasteiger partial charge is 0.474 e. The Morgan fingerprint density at radius 1 is 1.17 bits per heavy atom. The van der Waals surface area contributed by atoms with Crippen LogP contribution in [0.15, 0.2) is 24.3 Å². The van der Waals surface area contributed by atoms with E-state index < -0.39 is 7.82 Å². The number of phosphoric acid groups is 1. The first-order chi connectivity index (χ1) is 8.49. The van der Waals surface area contributed by atoms with Gasteiger partial charge in [0.25, 0.3) is 0 Å². The molecular weight excluding hydrogens is 255 g/mol. The van der Waals surface area contributed by atoms with Crippen LogP contribution in [0.5, 0.6) is 0 Å². The van der Waals surface area contributed by atoms with E-state index in [0.29, 0.717) is 0 Å². The van der Waals surface area contributed by atoms with Crippen LogP contribution in [0.1, 0.15) is 11.1 Å². The van der Waals surface area contributed by atoms with E-state index in [4.69, 9.17) is 4.52 Å². The van der Waals surface area contributed by atoms with Crippen molar-refractivity contribution in [2.24, 2.45) is 0 Å². The smallest absolute Gasteiger partial charge is 0.297 e. The monoisotopic (exact) mass is 272 g/mol. The highest BCUT2D eigenvalue weighted by Gasteiger charge is 2.23. The summed E-state index contributed by atoms with van der Waals surface area (Å²) < 4.78 is 25.5. The second-order valence-electron chi connectivity index (χ2n) is 3.79. The molecule has 0 N–H and O–H groups in total. The number of benzene rings is 1. The third kappa shape index (κ3) is 4.70. The number of Topliss-reactive ketones (excluding diaryl/α,β-unsaturated/α-hetero) is 1. The Morgan fingerprint density at radius 2 is 1.72 bits per heavy atom. The van der Waals surface area contributed by atoms with Crippen LogP contribution in [0.25, 0.3) is 0 Å². The molecule has 0 amide bonds. The number of ketones is 1. The summed E-state index contributed by atoms with van der Waals surface area (Å²) in [6.45, 7) is 1.68. The quantitative estimate of drug-likeness (QED) is 0.714. The van der Waals surface area contributed by atoms with Gasteiger partial charge in [-0.2, -0.15) is 0 Å². The van der Waals surface area contributed by atoms with E-state index in [1.165, 1.54) is 14.2 Å². The van der Waals surface area contributed by atoms with Crippen molar-refractivity contribution < 1.29 is 22.9 Å². The summed E-state index contributed by atoms with van der Waals surface area (Å²) in [5, 5.41) is 0. The fourth-order valence-electron chi connectivity index (χ4n) is 1.32. The lowest BCUT2D eigenvalue weighted by Gasteiger charge is -2.12. The third-order valence-corrected chi connectivity index (χ3v) is 3.69. The van der Waals surface area contributed by atoms with E-state index in [1.807, 2.05) is 31.2 Å². The zero-order valence-corrected chi connectivity index (χ0v) is 11.6. The molecule has 0 unspecified atom stereocenters. The van der Waals surface area contributed by atoms with E-state index in [1.54, 1.807) is 0 Å². The summed E-state index contributed by atoms with van der Waals surface area (Å²) in [4.78, 5) is 11.6. The zero-order chi connectivity index (χ0) is 13.6. The highest BCUT2D eigenvalue weighted by Crippen LogP contribution is 2.47. The summed E-state index contributed by atoms with van der Waals surface area (Å²) in [7, 11) is -1.16.